The van der Waals surface area contributed by atoms with Gasteiger partial charge >= 0.3 is 6.09 Å². The van der Waals surface area contributed by atoms with Crippen molar-refractivity contribution in [3.8, 4) is 0 Å². The molecule has 1 heterocycles. The molecule has 5 amide bonds. The van der Waals surface area contributed by atoms with Crippen LogP contribution in [0.4, 0.5) is 4.79 Å². The van der Waals surface area contributed by atoms with Crippen molar-refractivity contribution in [3.63, 3.8) is 0 Å². The zero-order valence-electron chi connectivity index (χ0n) is 24.6. The fourth-order valence-electron chi connectivity index (χ4n) is 4.72. The normalized spacial score (nSPS) is 15.8. The first-order chi connectivity index (χ1) is 20.6. The monoisotopic (exact) mass is 611 g/mol. The van der Waals surface area contributed by atoms with E-state index in [-0.39, 0.29) is 24.8 Å². The van der Waals surface area contributed by atoms with Crippen LogP contribution in [-0.2, 0) is 36.3 Å². The molecule has 0 aromatic heterocycles. The summed E-state index contributed by atoms with van der Waals surface area (Å²) in [6, 6.07) is 16.3. The molecular formula is C31H41N5O6S. The number of alkyl carbamates (subject to hydrolysis) is 1. The molecule has 1 saturated heterocycles. The van der Waals surface area contributed by atoms with E-state index in [0.29, 0.717) is 31.6 Å². The number of nitrogens with two attached hydrogens (primary N) is 1. The fraction of sp³-hybridized carbons (Fsp3) is 0.452. The zero-order valence-corrected chi connectivity index (χ0v) is 25.4. The van der Waals surface area contributed by atoms with E-state index in [9.17, 15) is 24.0 Å². The van der Waals surface area contributed by atoms with E-state index in [1.54, 1.807) is 0 Å². The van der Waals surface area contributed by atoms with Gasteiger partial charge in [-0.15, -0.1) is 0 Å². The van der Waals surface area contributed by atoms with E-state index >= 15 is 0 Å². The minimum absolute atomic E-state index is 0.0501. The van der Waals surface area contributed by atoms with Crippen LogP contribution in [0.5, 0.6) is 0 Å². The highest BCUT2D eigenvalue weighted by molar-refractivity contribution is 7.98. The molecule has 0 saturated carbocycles. The maximum Gasteiger partial charge on any atom is 0.408 e. The highest BCUT2D eigenvalue weighted by atomic mass is 32.2. The van der Waals surface area contributed by atoms with Crippen molar-refractivity contribution in [2.45, 2.75) is 63.6 Å². The predicted octanol–water partition coefficient (Wildman–Crippen LogP) is 2.34. The number of thioether (sulfide) groups is 1. The Kier molecular flexibility index (Phi) is 13.3. The first kappa shape index (κ1) is 33.4. The van der Waals surface area contributed by atoms with E-state index in [4.69, 9.17) is 10.5 Å². The van der Waals surface area contributed by atoms with Gasteiger partial charge < -0.3 is 31.3 Å². The summed E-state index contributed by atoms with van der Waals surface area (Å²) in [6.45, 7) is 3.86. The molecule has 11 nitrogen and oxygen atoms in total. The molecule has 5 N–H and O–H groups in total. The molecule has 43 heavy (non-hydrogen) atoms. The second-order valence-electron chi connectivity index (χ2n) is 10.8. The van der Waals surface area contributed by atoms with Gasteiger partial charge in [0.05, 0.1) is 6.54 Å². The molecule has 0 radical (unpaired) electrons. The Balaban J connectivity index is 1.69. The van der Waals surface area contributed by atoms with Gasteiger partial charge in [0.2, 0.25) is 23.6 Å². The van der Waals surface area contributed by atoms with Gasteiger partial charge in [0.1, 0.15) is 24.7 Å². The molecule has 0 bridgehead atoms. The third kappa shape index (κ3) is 11.3. The average Bonchev–Trinajstić information content (AvgIpc) is 3.49. The molecule has 232 valence electrons. The number of hydrogen-bond donors (Lipinski definition) is 4. The standard InChI is InChI=1S/C31H41N5O6S/c1-21(2)16-24(28(38)33-17-27(32)37)34-29(39)26-14-9-15-36(26)30(40)25(20-43-19-23-12-7-4-8-13-23)35-31(41)42-18-22-10-5-3-6-11-22/h3-8,10-13,21,24-26H,9,14-20H2,1-2H3,(H2,32,37)(H,33,38)(H,34,39)(H,35,41). The Hall–Kier alpha value is -4.06. The van der Waals surface area contributed by atoms with Gasteiger partial charge in [0.25, 0.3) is 0 Å². The lowest BCUT2D eigenvalue weighted by molar-refractivity contribution is -0.140. The summed E-state index contributed by atoms with van der Waals surface area (Å²) >= 11 is 1.49. The summed E-state index contributed by atoms with van der Waals surface area (Å²) < 4.78 is 5.38. The Labute approximate surface area is 256 Å². The minimum Gasteiger partial charge on any atom is -0.445 e. The molecule has 3 rings (SSSR count). The molecule has 2 aromatic carbocycles. The second-order valence-corrected chi connectivity index (χ2v) is 11.9. The maximum atomic E-state index is 13.8. The Morgan fingerprint density at radius 3 is 2.23 bits per heavy atom. The van der Waals surface area contributed by atoms with Gasteiger partial charge in [-0.05, 0) is 36.3 Å². The molecular weight excluding hydrogens is 570 g/mol. The third-order valence-electron chi connectivity index (χ3n) is 6.81. The number of rotatable bonds is 15. The maximum absolute atomic E-state index is 13.8. The van der Waals surface area contributed by atoms with Crippen LogP contribution in [0.25, 0.3) is 0 Å². The molecule has 12 heteroatoms. The van der Waals surface area contributed by atoms with E-state index in [1.165, 1.54) is 16.7 Å². The summed E-state index contributed by atoms with van der Waals surface area (Å²) in [6.07, 6.45) is 0.613. The molecule has 2 aromatic rings. The summed E-state index contributed by atoms with van der Waals surface area (Å²) in [5, 5.41) is 7.92. The molecule has 1 fully saturated rings. The largest absolute Gasteiger partial charge is 0.445 e. The molecule has 0 spiro atoms. The van der Waals surface area contributed by atoms with E-state index in [2.05, 4.69) is 16.0 Å². The number of nitrogens with one attached hydrogen (secondary N) is 3. The lowest BCUT2D eigenvalue weighted by Gasteiger charge is -2.30. The van der Waals surface area contributed by atoms with Crippen molar-refractivity contribution in [3.05, 3.63) is 71.8 Å². The highest BCUT2D eigenvalue weighted by Gasteiger charge is 2.39. The van der Waals surface area contributed by atoms with Crippen LogP contribution in [-0.4, -0.2) is 71.6 Å². The number of benzene rings is 2. The first-order valence-corrected chi connectivity index (χ1v) is 15.5. The van der Waals surface area contributed by atoms with E-state index < -0.39 is 47.8 Å². The number of nitrogens with zero attached hydrogens (tertiary/aromatic N) is 1. The van der Waals surface area contributed by atoms with Crippen molar-refractivity contribution in [2.75, 3.05) is 18.8 Å². The van der Waals surface area contributed by atoms with Crippen LogP contribution in [0.3, 0.4) is 0 Å². The third-order valence-corrected chi connectivity index (χ3v) is 7.92. The topological polar surface area (TPSA) is 160 Å². The number of hydrogen-bond acceptors (Lipinski definition) is 7. The van der Waals surface area contributed by atoms with Crippen molar-refractivity contribution >= 4 is 41.5 Å². The smallest absolute Gasteiger partial charge is 0.408 e. The predicted molar refractivity (Wildman–Crippen MR) is 164 cm³/mol. The molecule has 3 atom stereocenters. The summed E-state index contributed by atoms with van der Waals surface area (Å²) in [4.78, 5) is 65.3. The van der Waals surface area contributed by atoms with Crippen LogP contribution in [0.1, 0.15) is 44.2 Å². The summed E-state index contributed by atoms with van der Waals surface area (Å²) in [5.74, 6) is -1.10. The fourth-order valence-corrected chi connectivity index (χ4v) is 5.73. The molecule has 3 unspecified atom stereocenters. The first-order valence-electron chi connectivity index (χ1n) is 14.4. The average molecular weight is 612 g/mol. The van der Waals surface area contributed by atoms with Crippen molar-refractivity contribution in [1.29, 1.82) is 0 Å². The Bertz CT molecular complexity index is 1230. The van der Waals surface area contributed by atoms with E-state index in [0.717, 1.165) is 11.1 Å². The van der Waals surface area contributed by atoms with Crippen molar-refractivity contribution < 1.29 is 28.7 Å². The zero-order chi connectivity index (χ0) is 31.2. The number of carbonyl (C=O) groups excluding carboxylic acids is 5. The van der Waals surface area contributed by atoms with Gasteiger partial charge in [-0.3, -0.25) is 19.2 Å². The van der Waals surface area contributed by atoms with Gasteiger partial charge in [-0.1, -0.05) is 74.5 Å². The minimum atomic E-state index is -0.935. The summed E-state index contributed by atoms with van der Waals surface area (Å²) in [7, 11) is 0. The van der Waals surface area contributed by atoms with Crippen molar-refractivity contribution in [1.82, 2.24) is 20.9 Å². The highest BCUT2D eigenvalue weighted by Crippen LogP contribution is 2.21. The number of likely N-dealkylation sites (tertiary alicyclic amines) is 1. The number of carbonyl (C=O) groups is 5. The van der Waals surface area contributed by atoms with Crippen LogP contribution in [0, 0.1) is 5.92 Å². The number of amides is 5. The number of primary amides is 1. The lowest BCUT2D eigenvalue weighted by atomic mass is 10.0. The molecule has 1 aliphatic rings. The van der Waals surface area contributed by atoms with E-state index in [1.807, 2.05) is 74.5 Å². The molecule has 1 aliphatic heterocycles. The Morgan fingerprint density at radius 1 is 0.953 bits per heavy atom. The lowest BCUT2D eigenvalue weighted by Crippen LogP contribution is -2.57. The van der Waals surface area contributed by atoms with Gasteiger partial charge in [-0.2, -0.15) is 11.8 Å². The molecule has 0 aliphatic carbocycles. The SMILES string of the molecule is CC(C)CC(NC(=O)C1CCCN1C(=O)C(CSCc1ccccc1)NC(=O)OCc1ccccc1)C(=O)NCC(N)=O. The Morgan fingerprint density at radius 2 is 1.60 bits per heavy atom. The van der Waals surface area contributed by atoms with Crippen LogP contribution < -0.4 is 21.7 Å². The van der Waals surface area contributed by atoms with Crippen molar-refractivity contribution in [2.24, 2.45) is 11.7 Å². The summed E-state index contributed by atoms with van der Waals surface area (Å²) in [5.41, 5.74) is 7.04. The number of ether oxygens (including phenoxy) is 1. The van der Waals surface area contributed by atoms with Gasteiger partial charge in [-0.25, -0.2) is 4.79 Å². The van der Waals surface area contributed by atoms with Gasteiger partial charge in [0, 0.05) is 18.1 Å². The van der Waals surface area contributed by atoms with Gasteiger partial charge in [0.15, 0.2) is 0 Å². The quantitative estimate of drug-likeness (QED) is 0.241. The second kappa shape index (κ2) is 17.2. The van der Waals surface area contributed by atoms with Crippen LogP contribution >= 0.6 is 11.8 Å². The van der Waals surface area contributed by atoms with Crippen LogP contribution in [0.15, 0.2) is 60.7 Å². The van der Waals surface area contributed by atoms with Crippen LogP contribution in [0.2, 0.25) is 0 Å².